The van der Waals surface area contributed by atoms with E-state index >= 15 is 0 Å². The van der Waals surface area contributed by atoms with Gasteiger partial charge in [-0.15, -0.1) is 0 Å². The van der Waals surface area contributed by atoms with Gasteiger partial charge in [-0.1, -0.05) is 15.9 Å². The molecule has 0 unspecified atom stereocenters. The molecule has 1 atom stereocenters. The van der Waals surface area contributed by atoms with Gasteiger partial charge in [0.15, 0.2) is 0 Å². The summed E-state index contributed by atoms with van der Waals surface area (Å²) in [6, 6.07) is 5.83. The molecule has 1 aromatic carbocycles. The maximum Gasteiger partial charge on any atom is 0.253 e. The molecule has 1 aromatic rings. The van der Waals surface area contributed by atoms with E-state index in [-0.39, 0.29) is 12.0 Å². The van der Waals surface area contributed by atoms with Gasteiger partial charge in [-0.05, 0) is 43.5 Å². The monoisotopic (exact) mass is 283 g/mol. The van der Waals surface area contributed by atoms with Gasteiger partial charge in [-0.3, -0.25) is 4.79 Å². The standard InChI is InChI=1S/C12H14BrNO2/c1-8-5-9(13)7-10(6-8)14-12(15)11-3-2-4-16-11/h5-7,11H,2-4H2,1H3,(H,14,15)/t11-/m0/s1. The van der Waals surface area contributed by atoms with Crippen LogP contribution in [0.4, 0.5) is 5.69 Å². The first kappa shape index (κ1) is 11.6. The number of halogens is 1. The van der Waals surface area contributed by atoms with Crippen LogP contribution in [0.15, 0.2) is 22.7 Å². The van der Waals surface area contributed by atoms with Crippen molar-refractivity contribution in [1.29, 1.82) is 0 Å². The van der Waals surface area contributed by atoms with Crippen LogP contribution in [0.3, 0.4) is 0 Å². The number of benzene rings is 1. The molecule has 0 aromatic heterocycles. The molecule has 1 aliphatic rings. The van der Waals surface area contributed by atoms with Gasteiger partial charge < -0.3 is 10.1 Å². The first-order valence-corrected chi connectivity index (χ1v) is 6.14. The predicted molar refractivity (Wildman–Crippen MR) is 66.5 cm³/mol. The minimum atomic E-state index is -0.278. The molecule has 0 radical (unpaired) electrons. The maximum absolute atomic E-state index is 11.8. The van der Waals surface area contributed by atoms with E-state index in [1.165, 1.54) is 0 Å². The van der Waals surface area contributed by atoms with E-state index in [1.54, 1.807) is 0 Å². The topological polar surface area (TPSA) is 38.3 Å². The van der Waals surface area contributed by atoms with Crippen molar-refractivity contribution in [3.05, 3.63) is 28.2 Å². The highest BCUT2D eigenvalue weighted by Gasteiger charge is 2.23. The molecular weight excluding hydrogens is 270 g/mol. The molecular formula is C12H14BrNO2. The van der Waals surface area contributed by atoms with Gasteiger partial charge in [0.05, 0.1) is 0 Å². The number of amides is 1. The molecule has 1 fully saturated rings. The molecule has 0 spiro atoms. The molecule has 0 aliphatic carbocycles. The Morgan fingerprint density at radius 3 is 2.94 bits per heavy atom. The molecule has 2 rings (SSSR count). The largest absolute Gasteiger partial charge is 0.368 e. The Labute approximate surface area is 103 Å². The molecule has 1 aliphatic heterocycles. The van der Waals surface area contributed by atoms with Crippen LogP contribution in [0.25, 0.3) is 0 Å². The third kappa shape index (κ3) is 2.83. The summed E-state index contributed by atoms with van der Waals surface area (Å²) < 4.78 is 6.29. The smallest absolute Gasteiger partial charge is 0.253 e. The summed E-state index contributed by atoms with van der Waals surface area (Å²) in [5.74, 6) is -0.0463. The molecule has 1 saturated heterocycles. The fourth-order valence-corrected chi connectivity index (χ4v) is 2.42. The van der Waals surface area contributed by atoms with E-state index in [0.29, 0.717) is 6.61 Å². The molecule has 1 heterocycles. The van der Waals surface area contributed by atoms with Crippen LogP contribution in [-0.4, -0.2) is 18.6 Å². The van der Waals surface area contributed by atoms with Crippen LogP contribution in [-0.2, 0) is 9.53 Å². The van der Waals surface area contributed by atoms with Crippen molar-refractivity contribution in [2.45, 2.75) is 25.9 Å². The van der Waals surface area contributed by atoms with E-state index in [4.69, 9.17) is 4.74 Å². The fourth-order valence-electron chi connectivity index (χ4n) is 1.82. The molecule has 0 bridgehead atoms. The molecule has 1 amide bonds. The maximum atomic E-state index is 11.8. The van der Waals surface area contributed by atoms with Gasteiger partial charge in [0.1, 0.15) is 6.10 Å². The Hall–Kier alpha value is -0.870. The number of rotatable bonds is 2. The minimum absolute atomic E-state index is 0.0463. The number of nitrogens with one attached hydrogen (secondary N) is 1. The van der Waals surface area contributed by atoms with Crippen molar-refractivity contribution < 1.29 is 9.53 Å². The Morgan fingerprint density at radius 1 is 1.50 bits per heavy atom. The molecule has 3 nitrogen and oxygen atoms in total. The highest BCUT2D eigenvalue weighted by atomic mass is 79.9. The molecule has 1 N–H and O–H groups in total. The fraction of sp³-hybridized carbons (Fsp3) is 0.417. The van der Waals surface area contributed by atoms with Crippen molar-refractivity contribution in [3.63, 3.8) is 0 Å². The lowest BCUT2D eigenvalue weighted by molar-refractivity contribution is -0.124. The van der Waals surface area contributed by atoms with Gasteiger partial charge in [0.2, 0.25) is 0 Å². The average molecular weight is 284 g/mol. The van der Waals surface area contributed by atoms with Gasteiger partial charge in [0, 0.05) is 16.8 Å². The first-order valence-electron chi connectivity index (χ1n) is 5.35. The number of carbonyl (C=O) groups is 1. The number of anilines is 1. The number of hydrogen-bond donors (Lipinski definition) is 1. The lowest BCUT2D eigenvalue weighted by Gasteiger charge is -2.11. The Balaban J connectivity index is 2.05. The van der Waals surface area contributed by atoms with Gasteiger partial charge >= 0.3 is 0 Å². The number of aryl methyl sites for hydroxylation is 1. The summed E-state index contributed by atoms with van der Waals surface area (Å²) in [6.45, 7) is 2.68. The average Bonchev–Trinajstić information content (AvgIpc) is 2.68. The second-order valence-electron chi connectivity index (χ2n) is 4.01. The molecule has 16 heavy (non-hydrogen) atoms. The highest BCUT2D eigenvalue weighted by molar-refractivity contribution is 9.10. The van der Waals surface area contributed by atoms with Gasteiger partial charge in [-0.25, -0.2) is 0 Å². The van der Waals surface area contributed by atoms with Crippen molar-refractivity contribution in [2.75, 3.05) is 11.9 Å². The quantitative estimate of drug-likeness (QED) is 0.906. The second-order valence-corrected chi connectivity index (χ2v) is 4.92. The van der Waals surface area contributed by atoms with Crippen LogP contribution in [0.1, 0.15) is 18.4 Å². The summed E-state index contributed by atoms with van der Waals surface area (Å²) in [7, 11) is 0. The SMILES string of the molecule is Cc1cc(Br)cc(NC(=O)[C@@H]2CCCO2)c1. The first-order chi connectivity index (χ1) is 7.65. The van der Waals surface area contributed by atoms with Gasteiger partial charge in [-0.2, -0.15) is 0 Å². The zero-order chi connectivity index (χ0) is 11.5. The molecule has 0 saturated carbocycles. The lowest BCUT2D eigenvalue weighted by atomic mass is 10.2. The van der Waals surface area contributed by atoms with Crippen molar-refractivity contribution >= 4 is 27.5 Å². The zero-order valence-electron chi connectivity index (χ0n) is 9.13. The van der Waals surface area contributed by atoms with Crippen LogP contribution >= 0.6 is 15.9 Å². The summed E-state index contributed by atoms with van der Waals surface area (Å²) >= 11 is 3.40. The van der Waals surface area contributed by atoms with E-state index in [1.807, 2.05) is 25.1 Å². The third-order valence-electron chi connectivity index (χ3n) is 2.53. The van der Waals surface area contributed by atoms with Crippen LogP contribution in [0.2, 0.25) is 0 Å². The number of ether oxygens (including phenoxy) is 1. The van der Waals surface area contributed by atoms with Crippen molar-refractivity contribution in [2.24, 2.45) is 0 Å². The Kier molecular flexibility index (Phi) is 3.61. The summed E-state index contributed by atoms with van der Waals surface area (Å²) in [5.41, 5.74) is 1.92. The normalized spacial score (nSPS) is 19.8. The van der Waals surface area contributed by atoms with E-state index in [9.17, 15) is 4.79 Å². The summed E-state index contributed by atoms with van der Waals surface area (Å²) in [4.78, 5) is 11.8. The second kappa shape index (κ2) is 4.97. The zero-order valence-corrected chi connectivity index (χ0v) is 10.7. The highest BCUT2D eigenvalue weighted by Crippen LogP contribution is 2.20. The van der Waals surface area contributed by atoms with Crippen molar-refractivity contribution in [1.82, 2.24) is 0 Å². The Bertz CT molecular complexity index is 380. The van der Waals surface area contributed by atoms with Crippen LogP contribution in [0.5, 0.6) is 0 Å². The van der Waals surface area contributed by atoms with E-state index < -0.39 is 0 Å². The third-order valence-corrected chi connectivity index (χ3v) is 2.99. The van der Waals surface area contributed by atoms with Crippen LogP contribution in [0, 0.1) is 6.92 Å². The molecule has 86 valence electrons. The Morgan fingerprint density at radius 2 is 2.31 bits per heavy atom. The van der Waals surface area contributed by atoms with Crippen molar-refractivity contribution in [3.8, 4) is 0 Å². The minimum Gasteiger partial charge on any atom is -0.368 e. The summed E-state index contributed by atoms with van der Waals surface area (Å²) in [5, 5.41) is 2.87. The number of hydrogen-bond acceptors (Lipinski definition) is 2. The van der Waals surface area contributed by atoms with Gasteiger partial charge in [0.25, 0.3) is 5.91 Å². The number of carbonyl (C=O) groups excluding carboxylic acids is 1. The lowest BCUT2D eigenvalue weighted by Crippen LogP contribution is -2.26. The van der Waals surface area contributed by atoms with E-state index in [2.05, 4.69) is 21.2 Å². The van der Waals surface area contributed by atoms with E-state index in [0.717, 1.165) is 28.6 Å². The van der Waals surface area contributed by atoms with Crippen LogP contribution < -0.4 is 5.32 Å². The predicted octanol–water partition coefficient (Wildman–Crippen LogP) is 2.88. The summed E-state index contributed by atoms with van der Waals surface area (Å²) in [6.07, 6.45) is 1.51. The molecule has 4 heteroatoms.